The maximum atomic E-state index is 2.33. The van der Waals surface area contributed by atoms with Gasteiger partial charge in [-0.05, 0) is 82.3 Å². The maximum absolute atomic E-state index is 2.33. The molecule has 5 rings (SSSR count). The van der Waals surface area contributed by atoms with Crippen LogP contribution in [-0.2, 0) is 12.8 Å². The molecule has 0 saturated heterocycles. The molecule has 0 nitrogen and oxygen atoms in total. The molecule has 1 aliphatic rings. The van der Waals surface area contributed by atoms with E-state index < -0.39 is 0 Å². The average Bonchev–Trinajstić information content (AvgIpc) is 2.73. The zero-order chi connectivity index (χ0) is 18.2. The lowest BCUT2D eigenvalue weighted by molar-refractivity contribution is 0.689. The van der Waals surface area contributed by atoms with Crippen molar-refractivity contribution in [3.8, 4) is 22.3 Å². The summed E-state index contributed by atoms with van der Waals surface area (Å²) in [6, 6.07) is 28.8. The molecule has 0 amide bonds. The van der Waals surface area contributed by atoms with E-state index in [-0.39, 0.29) is 0 Å². The molecule has 1 aliphatic carbocycles. The summed E-state index contributed by atoms with van der Waals surface area (Å²) in [6.45, 7) is 2.26. The minimum atomic E-state index is 1.18. The molecule has 27 heavy (non-hydrogen) atoms. The van der Waals surface area contributed by atoms with Crippen molar-refractivity contribution in [1.82, 2.24) is 0 Å². The van der Waals surface area contributed by atoms with E-state index in [0.29, 0.717) is 0 Å². The molecule has 0 heterocycles. The van der Waals surface area contributed by atoms with Crippen LogP contribution in [0.4, 0.5) is 0 Å². The molecular weight excluding hydrogens is 324 g/mol. The number of aryl methyl sites for hydroxylation is 1. The van der Waals surface area contributed by atoms with Crippen LogP contribution in [0.5, 0.6) is 0 Å². The van der Waals surface area contributed by atoms with Crippen LogP contribution in [0.3, 0.4) is 0 Å². The van der Waals surface area contributed by atoms with Gasteiger partial charge in [0.1, 0.15) is 0 Å². The Morgan fingerprint density at radius 3 is 1.74 bits per heavy atom. The predicted molar refractivity (Wildman–Crippen MR) is 116 cm³/mol. The van der Waals surface area contributed by atoms with E-state index in [4.69, 9.17) is 0 Å². The molecule has 0 bridgehead atoms. The van der Waals surface area contributed by atoms with Gasteiger partial charge in [0.05, 0.1) is 0 Å². The molecule has 0 atom stereocenters. The minimum absolute atomic E-state index is 1.18. The predicted octanol–water partition coefficient (Wildman–Crippen LogP) is 7.36. The van der Waals surface area contributed by atoms with Crippen molar-refractivity contribution >= 4 is 10.8 Å². The van der Waals surface area contributed by atoms with Gasteiger partial charge >= 0.3 is 0 Å². The molecule has 132 valence electrons. The normalized spacial score (nSPS) is 13.5. The van der Waals surface area contributed by atoms with Crippen molar-refractivity contribution in [3.63, 3.8) is 0 Å². The summed E-state index contributed by atoms with van der Waals surface area (Å²) in [5.74, 6) is 0. The average molecular weight is 348 g/mol. The van der Waals surface area contributed by atoms with Crippen molar-refractivity contribution in [2.45, 2.75) is 32.6 Å². The van der Waals surface area contributed by atoms with Crippen LogP contribution in [0.15, 0.2) is 78.9 Å². The largest absolute Gasteiger partial charge is 0.0622 e. The number of hydrogen-bond donors (Lipinski definition) is 0. The lowest BCUT2D eigenvalue weighted by Gasteiger charge is -2.27. The minimum Gasteiger partial charge on any atom is -0.0622 e. The van der Waals surface area contributed by atoms with Gasteiger partial charge in [-0.2, -0.15) is 0 Å². The third-order valence-corrected chi connectivity index (χ3v) is 5.99. The summed E-state index contributed by atoms with van der Waals surface area (Å²) in [5, 5.41) is 2.84. The second-order valence-electron chi connectivity index (χ2n) is 7.64. The molecular formula is C27H24. The number of hydrogen-bond acceptors (Lipinski definition) is 0. The topological polar surface area (TPSA) is 0 Å². The molecule has 0 unspecified atom stereocenters. The Kier molecular flexibility index (Phi) is 4.05. The highest BCUT2D eigenvalue weighted by Gasteiger charge is 2.23. The molecule has 0 spiro atoms. The fraction of sp³-hybridized carbons (Fsp3) is 0.185. The summed E-state index contributed by atoms with van der Waals surface area (Å²) in [4.78, 5) is 0. The third kappa shape index (κ3) is 2.68. The highest BCUT2D eigenvalue weighted by atomic mass is 14.3. The van der Waals surface area contributed by atoms with Gasteiger partial charge in [0.2, 0.25) is 0 Å². The highest BCUT2D eigenvalue weighted by Crippen LogP contribution is 2.45. The standard InChI is InChI=1S/C27H24/c1-19-11-10-18-24-25(19)27(21-14-6-3-7-15-21)23-17-9-8-16-22(23)26(24)20-12-4-2-5-13-20/h2-7,10-15,18H,8-9,16-17H2,1H3. The number of fused-ring (bicyclic) bond motifs is 2. The Bertz CT molecular complexity index is 1110. The van der Waals surface area contributed by atoms with Gasteiger partial charge in [0, 0.05) is 0 Å². The first kappa shape index (κ1) is 16.3. The molecule has 4 aromatic rings. The number of benzene rings is 4. The van der Waals surface area contributed by atoms with Crippen molar-refractivity contribution in [1.29, 1.82) is 0 Å². The van der Waals surface area contributed by atoms with Crippen LogP contribution in [0.1, 0.15) is 29.5 Å². The summed E-state index contributed by atoms with van der Waals surface area (Å²) < 4.78 is 0. The highest BCUT2D eigenvalue weighted by molar-refractivity contribution is 6.09. The van der Waals surface area contributed by atoms with Crippen molar-refractivity contribution in [2.75, 3.05) is 0 Å². The van der Waals surface area contributed by atoms with Crippen molar-refractivity contribution in [3.05, 3.63) is 95.6 Å². The Balaban J connectivity index is 1.98. The monoisotopic (exact) mass is 348 g/mol. The van der Waals surface area contributed by atoms with Gasteiger partial charge in [-0.15, -0.1) is 0 Å². The second kappa shape index (κ2) is 6.70. The Hall–Kier alpha value is -2.86. The van der Waals surface area contributed by atoms with Gasteiger partial charge in [-0.3, -0.25) is 0 Å². The lowest BCUT2D eigenvalue weighted by Crippen LogP contribution is -2.08. The van der Waals surface area contributed by atoms with Gasteiger partial charge in [-0.25, -0.2) is 0 Å². The molecule has 0 heteroatoms. The first-order valence-corrected chi connectivity index (χ1v) is 10.0. The quantitative estimate of drug-likeness (QED) is 0.355. The van der Waals surface area contributed by atoms with Crippen molar-refractivity contribution in [2.24, 2.45) is 0 Å². The summed E-state index contributed by atoms with van der Waals surface area (Å²) >= 11 is 0. The Morgan fingerprint density at radius 1 is 0.556 bits per heavy atom. The Labute approximate surface area is 161 Å². The van der Waals surface area contributed by atoms with Gasteiger partial charge < -0.3 is 0 Å². The fourth-order valence-corrected chi connectivity index (χ4v) is 4.84. The summed E-state index contributed by atoms with van der Waals surface area (Å²) in [6.07, 6.45) is 4.95. The van der Waals surface area contributed by atoms with Crippen LogP contribution in [-0.4, -0.2) is 0 Å². The van der Waals surface area contributed by atoms with Gasteiger partial charge in [0.25, 0.3) is 0 Å². The molecule has 0 saturated carbocycles. The summed E-state index contributed by atoms with van der Waals surface area (Å²) in [7, 11) is 0. The number of rotatable bonds is 2. The maximum Gasteiger partial charge on any atom is -0.00669 e. The lowest BCUT2D eigenvalue weighted by atomic mass is 9.77. The van der Waals surface area contributed by atoms with Crippen LogP contribution in [0.25, 0.3) is 33.0 Å². The first-order chi connectivity index (χ1) is 13.3. The van der Waals surface area contributed by atoms with E-state index in [9.17, 15) is 0 Å². The van der Waals surface area contributed by atoms with E-state index in [1.54, 1.807) is 11.1 Å². The van der Waals surface area contributed by atoms with Crippen molar-refractivity contribution < 1.29 is 0 Å². The zero-order valence-electron chi connectivity index (χ0n) is 15.8. The van der Waals surface area contributed by atoms with Crippen LogP contribution in [0.2, 0.25) is 0 Å². The fourth-order valence-electron chi connectivity index (χ4n) is 4.84. The zero-order valence-corrected chi connectivity index (χ0v) is 15.8. The van der Waals surface area contributed by atoms with Crippen LogP contribution >= 0.6 is 0 Å². The Morgan fingerprint density at radius 2 is 1.11 bits per heavy atom. The molecule has 0 N–H and O–H groups in total. The van der Waals surface area contributed by atoms with Gasteiger partial charge in [0.15, 0.2) is 0 Å². The first-order valence-electron chi connectivity index (χ1n) is 10.0. The SMILES string of the molecule is Cc1cccc2c(-c3ccccc3)c3c(c(-c4ccccc4)c12)CCCC3. The molecule has 0 radical (unpaired) electrons. The molecule has 0 aromatic heterocycles. The third-order valence-electron chi connectivity index (χ3n) is 5.99. The molecule has 0 fully saturated rings. The summed E-state index contributed by atoms with van der Waals surface area (Å²) in [5.41, 5.74) is 10.2. The van der Waals surface area contributed by atoms with E-state index in [2.05, 4.69) is 85.8 Å². The van der Waals surface area contributed by atoms with E-state index in [0.717, 1.165) is 0 Å². The van der Waals surface area contributed by atoms with Crippen LogP contribution < -0.4 is 0 Å². The smallest absolute Gasteiger partial charge is 0.00669 e. The molecule has 0 aliphatic heterocycles. The van der Waals surface area contributed by atoms with Gasteiger partial charge in [-0.1, -0.05) is 78.9 Å². The second-order valence-corrected chi connectivity index (χ2v) is 7.64. The van der Waals surface area contributed by atoms with E-state index >= 15 is 0 Å². The molecule has 4 aromatic carbocycles. The van der Waals surface area contributed by atoms with E-state index in [1.807, 2.05) is 0 Å². The van der Waals surface area contributed by atoms with Crippen LogP contribution in [0, 0.1) is 6.92 Å². The van der Waals surface area contributed by atoms with E-state index in [1.165, 1.54) is 64.3 Å².